The van der Waals surface area contributed by atoms with Crippen LogP contribution in [0.2, 0.25) is 0 Å². The minimum absolute atomic E-state index is 0.00630. The number of carboxylic acid groups (broad SMARTS) is 1. The van der Waals surface area contributed by atoms with Crippen molar-refractivity contribution in [1.29, 1.82) is 0 Å². The molecule has 0 aromatic heterocycles. The Morgan fingerprint density at radius 3 is 2.74 bits per heavy atom. The van der Waals surface area contributed by atoms with Crippen molar-refractivity contribution >= 4 is 11.9 Å². The summed E-state index contributed by atoms with van der Waals surface area (Å²) in [5, 5.41) is 12.0. The summed E-state index contributed by atoms with van der Waals surface area (Å²) in [5.41, 5.74) is 1.70. The van der Waals surface area contributed by atoms with Crippen LogP contribution in [-0.2, 0) is 27.4 Å². The van der Waals surface area contributed by atoms with Gasteiger partial charge in [-0.25, -0.2) is 4.79 Å². The van der Waals surface area contributed by atoms with Crippen LogP contribution in [0, 0.1) is 6.92 Å². The van der Waals surface area contributed by atoms with Gasteiger partial charge in [0.05, 0.1) is 13.0 Å². The highest BCUT2D eigenvalue weighted by atomic mass is 16.5. The molecule has 1 amide bonds. The summed E-state index contributed by atoms with van der Waals surface area (Å²) in [5.74, 6) is -0.747. The van der Waals surface area contributed by atoms with Crippen molar-refractivity contribution in [3.8, 4) is 5.75 Å². The molecule has 1 fully saturated rings. The third-order valence-electron chi connectivity index (χ3n) is 4.73. The minimum Gasteiger partial charge on any atom is -0.489 e. The molecular formula is C21H23NO5. The zero-order valence-electron chi connectivity index (χ0n) is 15.2. The Morgan fingerprint density at radius 1 is 1.22 bits per heavy atom. The second-order valence-electron chi connectivity index (χ2n) is 6.78. The zero-order chi connectivity index (χ0) is 19.3. The molecule has 6 heteroatoms. The van der Waals surface area contributed by atoms with Gasteiger partial charge in [0.1, 0.15) is 12.4 Å². The van der Waals surface area contributed by atoms with Crippen LogP contribution in [0.15, 0.2) is 48.5 Å². The molecule has 2 aromatic rings. The summed E-state index contributed by atoms with van der Waals surface area (Å²) < 4.78 is 11.0. The molecule has 27 heavy (non-hydrogen) atoms. The van der Waals surface area contributed by atoms with Gasteiger partial charge in [-0.3, -0.25) is 4.79 Å². The number of carboxylic acids is 1. The summed E-state index contributed by atoms with van der Waals surface area (Å²) in [6.07, 6.45) is 0.351. The molecule has 142 valence electrons. The van der Waals surface area contributed by atoms with Crippen LogP contribution in [0.3, 0.4) is 0 Å². The van der Waals surface area contributed by atoms with E-state index in [1.807, 2.05) is 49.4 Å². The molecule has 2 N–H and O–H groups in total. The van der Waals surface area contributed by atoms with E-state index in [0.29, 0.717) is 19.0 Å². The highest BCUT2D eigenvalue weighted by molar-refractivity contribution is 5.88. The van der Waals surface area contributed by atoms with E-state index in [-0.39, 0.29) is 25.4 Å². The Bertz CT molecular complexity index is 827. The predicted molar refractivity (Wildman–Crippen MR) is 99.6 cm³/mol. The van der Waals surface area contributed by atoms with Gasteiger partial charge in [0.25, 0.3) is 0 Å². The number of hydrogen-bond donors (Lipinski definition) is 2. The second-order valence-corrected chi connectivity index (χ2v) is 6.78. The van der Waals surface area contributed by atoms with Crippen LogP contribution >= 0.6 is 0 Å². The van der Waals surface area contributed by atoms with Crippen LogP contribution < -0.4 is 10.1 Å². The molecule has 1 heterocycles. The fraction of sp³-hybridized carbons (Fsp3) is 0.333. The quantitative estimate of drug-likeness (QED) is 0.783. The SMILES string of the molecule is Cc1ccccc1COc1cccc(CC(=O)NC2(C(=O)O)CCOC2)c1. The van der Waals surface area contributed by atoms with Gasteiger partial charge in [-0.2, -0.15) is 0 Å². The molecule has 1 aliphatic heterocycles. The van der Waals surface area contributed by atoms with Gasteiger partial charge in [-0.05, 0) is 35.7 Å². The molecule has 2 aromatic carbocycles. The summed E-state index contributed by atoms with van der Waals surface area (Å²) >= 11 is 0. The van der Waals surface area contributed by atoms with Crippen LogP contribution in [0.5, 0.6) is 5.75 Å². The average Bonchev–Trinajstić information content (AvgIpc) is 3.11. The number of carbonyl (C=O) groups excluding carboxylic acids is 1. The van der Waals surface area contributed by atoms with Gasteiger partial charge in [-0.1, -0.05) is 36.4 Å². The predicted octanol–water partition coefficient (Wildman–Crippen LogP) is 2.48. The second kappa shape index (κ2) is 8.22. The maximum atomic E-state index is 12.3. The van der Waals surface area contributed by atoms with Gasteiger partial charge in [0.15, 0.2) is 5.54 Å². The zero-order valence-corrected chi connectivity index (χ0v) is 15.2. The Hall–Kier alpha value is -2.86. The maximum Gasteiger partial charge on any atom is 0.331 e. The molecule has 6 nitrogen and oxygen atoms in total. The molecule has 3 rings (SSSR count). The summed E-state index contributed by atoms with van der Waals surface area (Å²) in [6.45, 7) is 2.80. The van der Waals surface area contributed by atoms with E-state index in [0.717, 1.165) is 16.7 Å². The number of amides is 1. The molecule has 1 aliphatic rings. The first-order valence-corrected chi connectivity index (χ1v) is 8.87. The van der Waals surface area contributed by atoms with E-state index in [4.69, 9.17) is 9.47 Å². The molecule has 0 spiro atoms. The lowest BCUT2D eigenvalue weighted by molar-refractivity contribution is -0.147. The number of aliphatic carboxylic acids is 1. The van der Waals surface area contributed by atoms with Crippen molar-refractivity contribution < 1.29 is 24.2 Å². The van der Waals surface area contributed by atoms with Gasteiger partial charge >= 0.3 is 5.97 Å². The normalized spacial score (nSPS) is 18.9. The lowest BCUT2D eigenvalue weighted by Crippen LogP contribution is -2.55. The van der Waals surface area contributed by atoms with E-state index in [1.165, 1.54) is 0 Å². The van der Waals surface area contributed by atoms with Crippen molar-refractivity contribution in [2.45, 2.75) is 31.9 Å². The molecular weight excluding hydrogens is 346 g/mol. The fourth-order valence-electron chi connectivity index (χ4n) is 3.06. The highest BCUT2D eigenvalue weighted by Crippen LogP contribution is 2.20. The Morgan fingerprint density at radius 2 is 2.04 bits per heavy atom. The Kier molecular flexibility index (Phi) is 5.76. The maximum absolute atomic E-state index is 12.3. The number of hydrogen-bond acceptors (Lipinski definition) is 4. The first kappa shape index (κ1) is 18.9. The number of benzene rings is 2. The van der Waals surface area contributed by atoms with E-state index >= 15 is 0 Å². The van der Waals surface area contributed by atoms with E-state index in [9.17, 15) is 14.7 Å². The molecule has 0 saturated carbocycles. The fourth-order valence-corrected chi connectivity index (χ4v) is 3.06. The Labute approximate surface area is 158 Å². The smallest absolute Gasteiger partial charge is 0.331 e. The average molecular weight is 369 g/mol. The molecule has 0 aliphatic carbocycles. The van der Waals surface area contributed by atoms with Crippen molar-refractivity contribution in [1.82, 2.24) is 5.32 Å². The summed E-state index contributed by atoms with van der Waals surface area (Å²) in [4.78, 5) is 23.8. The first-order valence-electron chi connectivity index (χ1n) is 8.87. The van der Waals surface area contributed by atoms with Crippen molar-refractivity contribution in [2.75, 3.05) is 13.2 Å². The first-order chi connectivity index (χ1) is 13.0. The topological polar surface area (TPSA) is 84.9 Å². The van der Waals surface area contributed by atoms with E-state index in [1.54, 1.807) is 6.07 Å². The number of nitrogens with one attached hydrogen (secondary N) is 1. The van der Waals surface area contributed by atoms with Crippen LogP contribution in [0.1, 0.15) is 23.1 Å². The monoisotopic (exact) mass is 369 g/mol. The lowest BCUT2D eigenvalue weighted by Gasteiger charge is -2.23. The summed E-state index contributed by atoms with van der Waals surface area (Å²) in [7, 11) is 0. The number of carbonyl (C=O) groups is 2. The van der Waals surface area contributed by atoms with Gasteiger partial charge in [0.2, 0.25) is 5.91 Å². The van der Waals surface area contributed by atoms with Gasteiger partial charge in [0, 0.05) is 13.0 Å². The van der Waals surface area contributed by atoms with E-state index in [2.05, 4.69) is 5.32 Å². The van der Waals surface area contributed by atoms with Gasteiger partial charge < -0.3 is 19.9 Å². The molecule has 1 unspecified atom stereocenters. The van der Waals surface area contributed by atoms with Crippen LogP contribution in [0.4, 0.5) is 0 Å². The number of rotatable bonds is 7. The minimum atomic E-state index is -1.32. The van der Waals surface area contributed by atoms with Crippen molar-refractivity contribution in [3.63, 3.8) is 0 Å². The third kappa shape index (κ3) is 4.65. The molecule has 0 radical (unpaired) electrons. The van der Waals surface area contributed by atoms with Crippen LogP contribution in [-0.4, -0.2) is 35.7 Å². The van der Waals surface area contributed by atoms with E-state index < -0.39 is 11.5 Å². The van der Waals surface area contributed by atoms with Crippen molar-refractivity contribution in [3.05, 3.63) is 65.2 Å². The highest BCUT2D eigenvalue weighted by Gasteiger charge is 2.43. The Balaban J connectivity index is 1.61. The molecule has 1 atom stereocenters. The van der Waals surface area contributed by atoms with Crippen molar-refractivity contribution in [2.24, 2.45) is 0 Å². The van der Waals surface area contributed by atoms with Crippen LogP contribution in [0.25, 0.3) is 0 Å². The lowest BCUT2D eigenvalue weighted by atomic mass is 9.98. The number of aryl methyl sites for hydroxylation is 1. The van der Waals surface area contributed by atoms with Gasteiger partial charge in [-0.15, -0.1) is 0 Å². The molecule has 1 saturated heterocycles. The third-order valence-corrected chi connectivity index (χ3v) is 4.73. The largest absolute Gasteiger partial charge is 0.489 e. The summed E-state index contributed by atoms with van der Waals surface area (Å²) in [6, 6.07) is 15.3. The number of ether oxygens (including phenoxy) is 2. The molecule has 0 bridgehead atoms. The standard InChI is InChI=1S/C21H23NO5/c1-15-5-2-3-7-17(15)13-27-18-8-4-6-16(11-18)12-19(23)22-21(20(24)25)9-10-26-14-21/h2-8,11H,9-10,12-14H2,1H3,(H,22,23)(H,24,25).